The van der Waals surface area contributed by atoms with E-state index in [0.717, 1.165) is 5.57 Å². The van der Waals surface area contributed by atoms with Crippen molar-refractivity contribution in [3.8, 4) is 0 Å². The van der Waals surface area contributed by atoms with Crippen molar-refractivity contribution in [2.24, 2.45) is 0 Å². The zero-order chi connectivity index (χ0) is 14.1. The first-order valence-electron chi connectivity index (χ1n) is 5.98. The van der Waals surface area contributed by atoms with Crippen LogP contribution in [-0.2, 0) is 9.53 Å². The van der Waals surface area contributed by atoms with E-state index in [9.17, 15) is 14.7 Å². The van der Waals surface area contributed by atoms with Gasteiger partial charge < -0.3 is 9.84 Å². The largest absolute Gasteiger partial charge is 0.479 e. The Bertz CT molecular complexity index is 394. The maximum absolute atomic E-state index is 12.1. The first kappa shape index (κ1) is 14.5. The molecule has 0 aromatic carbocycles. The van der Waals surface area contributed by atoms with Crippen molar-refractivity contribution in [3.63, 3.8) is 0 Å². The zero-order valence-corrected chi connectivity index (χ0v) is 11.6. The summed E-state index contributed by atoms with van der Waals surface area (Å²) in [5, 5.41) is 9.33. The average molecular weight is 255 g/mol. The van der Waals surface area contributed by atoms with Gasteiger partial charge in [-0.25, -0.2) is 9.59 Å². The van der Waals surface area contributed by atoms with E-state index in [2.05, 4.69) is 0 Å². The number of carbonyl (C=O) groups is 2. The number of carboxylic acids is 1. The number of ether oxygens (including phenoxy) is 1. The maximum Gasteiger partial charge on any atom is 0.411 e. The third-order valence-corrected chi connectivity index (χ3v) is 3.01. The zero-order valence-electron chi connectivity index (χ0n) is 11.6. The number of nitrogens with zero attached hydrogens (tertiary/aromatic N) is 1. The number of aliphatic carboxylic acids is 1. The molecule has 5 nitrogen and oxygen atoms in total. The Balaban J connectivity index is 2.98. The summed E-state index contributed by atoms with van der Waals surface area (Å²) < 4.78 is 5.26. The molecule has 0 aromatic heterocycles. The average Bonchev–Trinajstić information content (AvgIpc) is 2.54. The van der Waals surface area contributed by atoms with Crippen LogP contribution in [0.25, 0.3) is 0 Å². The first-order chi connectivity index (χ1) is 8.10. The molecule has 0 radical (unpaired) electrons. The van der Waals surface area contributed by atoms with Crippen molar-refractivity contribution in [2.45, 2.75) is 52.2 Å². The van der Waals surface area contributed by atoms with Gasteiger partial charge in [-0.3, -0.25) is 4.90 Å². The van der Waals surface area contributed by atoms with Crippen molar-refractivity contribution < 1.29 is 19.4 Å². The highest BCUT2D eigenvalue weighted by atomic mass is 16.6. The fourth-order valence-electron chi connectivity index (χ4n) is 1.94. The molecule has 0 saturated carbocycles. The molecular weight excluding hydrogens is 234 g/mol. The summed E-state index contributed by atoms with van der Waals surface area (Å²) in [6.07, 6.45) is 1.62. The van der Waals surface area contributed by atoms with Crippen LogP contribution in [0, 0.1) is 0 Å². The SMILES string of the molecule is C/C=C1\CN(C(=O)OC(C)(C)C)[C@](C)(C(=O)O)C1. The molecule has 0 unspecified atom stereocenters. The molecule has 1 N–H and O–H groups in total. The number of rotatable bonds is 1. The summed E-state index contributed by atoms with van der Waals surface area (Å²) in [5.74, 6) is -1.01. The van der Waals surface area contributed by atoms with Gasteiger partial charge in [-0.2, -0.15) is 0 Å². The first-order valence-corrected chi connectivity index (χ1v) is 5.98. The van der Waals surface area contributed by atoms with E-state index in [1.54, 1.807) is 27.7 Å². The highest BCUT2D eigenvalue weighted by Crippen LogP contribution is 2.34. The van der Waals surface area contributed by atoms with Crippen molar-refractivity contribution in [3.05, 3.63) is 11.6 Å². The number of carboxylic acid groups (broad SMARTS) is 1. The monoisotopic (exact) mass is 255 g/mol. The van der Waals surface area contributed by atoms with Crippen molar-refractivity contribution in [1.29, 1.82) is 0 Å². The lowest BCUT2D eigenvalue weighted by atomic mass is 9.97. The van der Waals surface area contributed by atoms with Gasteiger partial charge in [0.1, 0.15) is 11.1 Å². The van der Waals surface area contributed by atoms with Gasteiger partial charge in [0.2, 0.25) is 0 Å². The second-order valence-electron chi connectivity index (χ2n) is 5.77. The molecule has 1 amide bonds. The molecule has 18 heavy (non-hydrogen) atoms. The van der Waals surface area contributed by atoms with Gasteiger partial charge in [0.15, 0.2) is 0 Å². The number of hydrogen-bond donors (Lipinski definition) is 1. The Labute approximate surface area is 107 Å². The Morgan fingerprint density at radius 1 is 1.44 bits per heavy atom. The van der Waals surface area contributed by atoms with Crippen LogP contribution >= 0.6 is 0 Å². The predicted octanol–water partition coefficient (Wildman–Crippen LogP) is 2.42. The van der Waals surface area contributed by atoms with Gasteiger partial charge in [0.05, 0.1) is 0 Å². The van der Waals surface area contributed by atoms with Crippen LogP contribution in [0.2, 0.25) is 0 Å². The van der Waals surface area contributed by atoms with Gasteiger partial charge in [0, 0.05) is 13.0 Å². The summed E-state index contributed by atoms with van der Waals surface area (Å²) in [7, 11) is 0. The minimum Gasteiger partial charge on any atom is -0.479 e. The smallest absolute Gasteiger partial charge is 0.411 e. The van der Waals surface area contributed by atoms with E-state index in [-0.39, 0.29) is 0 Å². The lowest BCUT2D eigenvalue weighted by Gasteiger charge is -2.32. The normalized spacial score (nSPS) is 26.5. The number of allylic oxidation sites excluding steroid dienone is 1. The van der Waals surface area contributed by atoms with Crippen LogP contribution in [0.1, 0.15) is 41.0 Å². The fourth-order valence-corrected chi connectivity index (χ4v) is 1.94. The Morgan fingerprint density at radius 2 is 2.00 bits per heavy atom. The van der Waals surface area contributed by atoms with E-state index in [0.29, 0.717) is 13.0 Å². The van der Waals surface area contributed by atoms with E-state index in [1.165, 1.54) is 4.90 Å². The molecule has 1 aliphatic heterocycles. The minimum absolute atomic E-state index is 0.314. The number of carbonyl (C=O) groups excluding carboxylic acids is 1. The van der Waals surface area contributed by atoms with Crippen LogP contribution in [0.5, 0.6) is 0 Å². The Kier molecular flexibility index (Phi) is 3.74. The molecular formula is C13H21NO4. The highest BCUT2D eigenvalue weighted by Gasteiger charge is 2.49. The van der Waals surface area contributed by atoms with Crippen LogP contribution < -0.4 is 0 Å². The molecule has 1 fully saturated rings. The molecule has 0 aromatic rings. The third kappa shape index (κ3) is 2.83. The maximum atomic E-state index is 12.1. The number of likely N-dealkylation sites (tertiary alicyclic amines) is 1. The Morgan fingerprint density at radius 3 is 2.39 bits per heavy atom. The van der Waals surface area contributed by atoms with Gasteiger partial charge in [-0.05, 0) is 34.6 Å². The van der Waals surface area contributed by atoms with Gasteiger partial charge in [-0.1, -0.05) is 11.6 Å². The fraction of sp³-hybridized carbons (Fsp3) is 0.692. The lowest BCUT2D eigenvalue weighted by Crippen LogP contribution is -2.52. The molecule has 1 aliphatic rings. The topological polar surface area (TPSA) is 66.8 Å². The lowest BCUT2D eigenvalue weighted by molar-refractivity contribution is -0.148. The predicted molar refractivity (Wildman–Crippen MR) is 67.4 cm³/mol. The molecule has 1 heterocycles. The second kappa shape index (κ2) is 4.63. The molecule has 102 valence electrons. The van der Waals surface area contributed by atoms with E-state index < -0.39 is 23.2 Å². The van der Waals surface area contributed by atoms with E-state index in [1.807, 2.05) is 13.0 Å². The number of amides is 1. The molecule has 1 atom stereocenters. The summed E-state index contributed by atoms with van der Waals surface area (Å²) in [6, 6.07) is 0. The van der Waals surface area contributed by atoms with Crippen LogP contribution in [0.15, 0.2) is 11.6 Å². The van der Waals surface area contributed by atoms with Crippen LogP contribution in [0.3, 0.4) is 0 Å². The Hall–Kier alpha value is -1.52. The van der Waals surface area contributed by atoms with Gasteiger partial charge in [-0.15, -0.1) is 0 Å². The number of hydrogen-bond acceptors (Lipinski definition) is 3. The summed E-state index contributed by atoms with van der Waals surface area (Å²) in [5.41, 5.74) is -0.912. The second-order valence-corrected chi connectivity index (χ2v) is 5.77. The standard InChI is InChI=1S/C13H21NO4/c1-6-9-7-13(5,10(15)16)14(8-9)11(17)18-12(2,3)4/h6H,7-8H2,1-5H3,(H,15,16)/b9-6-/t13-/m0/s1. The van der Waals surface area contributed by atoms with Crippen LogP contribution in [-0.4, -0.2) is 39.8 Å². The van der Waals surface area contributed by atoms with Crippen molar-refractivity contribution in [1.82, 2.24) is 4.90 Å². The highest BCUT2D eigenvalue weighted by molar-refractivity contribution is 5.86. The van der Waals surface area contributed by atoms with Gasteiger partial charge >= 0.3 is 12.1 Å². The summed E-state index contributed by atoms with van der Waals surface area (Å²) in [6.45, 7) is 8.99. The molecule has 5 heteroatoms. The molecule has 0 spiro atoms. The van der Waals surface area contributed by atoms with E-state index in [4.69, 9.17) is 4.74 Å². The summed E-state index contributed by atoms with van der Waals surface area (Å²) >= 11 is 0. The van der Waals surface area contributed by atoms with Crippen molar-refractivity contribution in [2.75, 3.05) is 6.54 Å². The van der Waals surface area contributed by atoms with Gasteiger partial charge in [0.25, 0.3) is 0 Å². The third-order valence-electron chi connectivity index (χ3n) is 3.01. The molecule has 1 rings (SSSR count). The van der Waals surface area contributed by atoms with Crippen molar-refractivity contribution >= 4 is 12.1 Å². The molecule has 0 aliphatic carbocycles. The molecule has 0 bridgehead atoms. The van der Waals surface area contributed by atoms with Crippen LogP contribution in [0.4, 0.5) is 4.79 Å². The quantitative estimate of drug-likeness (QED) is 0.731. The minimum atomic E-state index is -1.22. The summed E-state index contributed by atoms with van der Waals surface area (Å²) in [4.78, 5) is 24.7. The molecule has 1 saturated heterocycles. The van der Waals surface area contributed by atoms with E-state index >= 15 is 0 Å².